The summed E-state index contributed by atoms with van der Waals surface area (Å²) >= 11 is 0. The van der Waals surface area contributed by atoms with E-state index in [0.29, 0.717) is 29.5 Å². The van der Waals surface area contributed by atoms with E-state index >= 15 is 0 Å². The molecule has 0 aromatic carbocycles. The minimum atomic E-state index is -0.0415. The fraction of sp³-hybridized carbons (Fsp3) is 0.909. The molecular formula is C22H34O3. The standard InChI is InChI=1S/C22H34O3/c1-4-20(24)25-15-9-11-21(2)14(13-15)5-6-16-17-7-8-19(23)22(17,3)12-10-18(16)21/h14-18H,4-13H2,1-3H3/t14-,15-,16?,17?,18?,21-,22-/m0/s1. The smallest absolute Gasteiger partial charge is 0.305 e. The lowest BCUT2D eigenvalue weighted by molar-refractivity contribution is -0.161. The van der Waals surface area contributed by atoms with Crippen molar-refractivity contribution >= 4 is 11.8 Å². The van der Waals surface area contributed by atoms with Crippen LogP contribution in [0.4, 0.5) is 0 Å². The Balaban J connectivity index is 1.51. The Morgan fingerprint density at radius 1 is 1.08 bits per heavy atom. The van der Waals surface area contributed by atoms with Gasteiger partial charge in [-0.15, -0.1) is 0 Å². The van der Waals surface area contributed by atoms with Crippen LogP contribution in [-0.2, 0) is 14.3 Å². The van der Waals surface area contributed by atoms with Crippen molar-refractivity contribution in [2.24, 2.45) is 34.5 Å². The van der Waals surface area contributed by atoms with Crippen LogP contribution in [0.5, 0.6) is 0 Å². The summed E-state index contributed by atoms with van der Waals surface area (Å²) < 4.78 is 5.69. The Morgan fingerprint density at radius 2 is 1.88 bits per heavy atom. The van der Waals surface area contributed by atoms with Crippen molar-refractivity contribution in [3.63, 3.8) is 0 Å². The van der Waals surface area contributed by atoms with Crippen molar-refractivity contribution in [3.05, 3.63) is 0 Å². The van der Waals surface area contributed by atoms with Crippen LogP contribution in [0.3, 0.4) is 0 Å². The zero-order chi connectivity index (χ0) is 17.8. The van der Waals surface area contributed by atoms with Crippen LogP contribution in [0.15, 0.2) is 0 Å². The molecule has 0 radical (unpaired) electrons. The van der Waals surface area contributed by atoms with E-state index in [2.05, 4.69) is 13.8 Å². The van der Waals surface area contributed by atoms with Gasteiger partial charge in [0.15, 0.2) is 0 Å². The first-order chi connectivity index (χ1) is 11.9. The van der Waals surface area contributed by atoms with Crippen LogP contribution in [0.25, 0.3) is 0 Å². The maximum Gasteiger partial charge on any atom is 0.305 e. The molecular weight excluding hydrogens is 312 g/mol. The van der Waals surface area contributed by atoms with Crippen molar-refractivity contribution in [2.75, 3.05) is 0 Å². The van der Waals surface area contributed by atoms with Gasteiger partial charge in [0.05, 0.1) is 0 Å². The number of ether oxygens (including phenoxy) is 1. The van der Waals surface area contributed by atoms with Crippen LogP contribution in [0, 0.1) is 34.5 Å². The highest BCUT2D eigenvalue weighted by Gasteiger charge is 2.60. The zero-order valence-electron chi connectivity index (χ0n) is 16.2. The molecule has 0 heterocycles. The zero-order valence-corrected chi connectivity index (χ0v) is 16.2. The topological polar surface area (TPSA) is 43.4 Å². The number of ketones is 1. The molecule has 140 valence electrons. The van der Waals surface area contributed by atoms with E-state index in [4.69, 9.17) is 4.74 Å². The highest BCUT2D eigenvalue weighted by atomic mass is 16.5. The largest absolute Gasteiger partial charge is 0.462 e. The summed E-state index contributed by atoms with van der Waals surface area (Å²) in [4.78, 5) is 24.2. The predicted octanol–water partition coefficient (Wildman–Crippen LogP) is 4.92. The second-order valence-corrected chi connectivity index (χ2v) is 9.81. The maximum atomic E-state index is 12.5. The third-order valence-corrected chi connectivity index (χ3v) is 8.91. The van der Waals surface area contributed by atoms with Gasteiger partial charge in [0.25, 0.3) is 0 Å². The highest BCUT2D eigenvalue weighted by molar-refractivity contribution is 5.87. The number of carbonyl (C=O) groups is 2. The highest BCUT2D eigenvalue weighted by Crippen LogP contribution is 2.65. The minimum Gasteiger partial charge on any atom is -0.462 e. The van der Waals surface area contributed by atoms with E-state index in [1.807, 2.05) is 6.92 Å². The summed E-state index contributed by atoms with van der Waals surface area (Å²) in [6.07, 6.45) is 10.7. The Kier molecular flexibility index (Phi) is 4.28. The number of Topliss-reactive ketones (excluding diaryl/α,β-unsaturated/α-hetero) is 1. The van der Waals surface area contributed by atoms with E-state index in [9.17, 15) is 9.59 Å². The lowest BCUT2D eigenvalue weighted by Gasteiger charge is -2.60. The summed E-state index contributed by atoms with van der Waals surface area (Å²) in [5, 5.41) is 0. The number of rotatable bonds is 2. The molecule has 0 aliphatic heterocycles. The van der Waals surface area contributed by atoms with E-state index < -0.39 is 0 Å². The van der Waals surface area contributed by atoms with E-state index in [1.165, 1.54) is 25.7 Å². The second kappa shape index (κ2) is 6.09. The molecule has 7 atom stereocenters. The first kappa shape index (κ1) is 17.5. The van der Waals surface area contributed by atoms with Gasteiger partial charge < -0.3 is 4.74 Å². The van der Waals surface area contributed by atoms with Gasteiger partial charge in [-0.05, 0) is 80.5 Å². The monoisotopic (exact) mass is 346 g/mol. The molecule has 3 heteroatoms. The molecule has 4 aliphatic carbocycles. The summed E-state index contributed by atoms with van der Waals surface area (Å²) in [5.74, 6) is 3.35. The molecule has 0 bridgehead atoms. The van der Waals surface area contributed by atoms with Gasteiger partial charge in [0.2, 0.25) is 0 Å². The van der Waals surface area contributed by atoms with Crippen molar-refractivity contribution in [2.45, 2.75) is 91.1 Å². The number of carbonyl (C=O) groups excluding carboxylic acids is 2. The van der Waals surface area contributed by atoms with Gasteiger partial charge in [0, 0.05) is 18.3 Å². The lowest BCUT2D eigenvalue weighted by atomic mass is 9.45. The Labute approximate surface area is 152 Å². The number of hydrogen-bond donors (Lipinski definition) is 0. The van der Waals surface area contributed by atoms with Crippen LogP contribution >= 0.6 is 0 Å². The molecule has 4 saturated carbocycles. The van der Waals surface area contributed by atoms with Gasteiger partial charge in [-0.1, -0.05) is 20.8 Å². The number of hydrogen-bond acceptors (Lipinski definition) is 3. The van der Waals surface area contributed by atoms with Crippen molar-refractivity contribution in [1.82, 2.24) is 0 Å². The quantitative estimate of drug-likeness (QED) is 0.667. The first-order valence-corrected chi connectivity index (χ1v) is 10.6. The molecule has 0 aromatic rings. The fourth-order valence-corrected chi connectivity index (χ4v) is 7.37. The SMILES string of the molecule is CCC(=O)O[C@H]1CC[C@]2(C)C3CC[C@]4(C)C(=O)CCC4C3CC[C@H]2C1. The molecule has 0 amide bonds. The van der Waals surface area contributed by atoms with Gasteiger partial charge in [0.1, 0.15) is 11.9 Å². The molecule has 3 nitrogen and oxygen atoms in total. The second-order valence-electron chi connectivity index (χ2n) is 9.81. The van der Waals surface area contributed by atoms with Crippen molar-refractivity contribution in [1.29, 1.82) is 0 Å². The molecule has 4 fully saturated rings. The summed E-state index contributed by atoms with van der Waals surface area (Å²) in [6.45, 7) is 6.66. The first-order valence-electron chi connectivity index (χ1n) is 10.6. The molecule has 4 rings (SSSR count). The van der Waals surface area contributed by atoms with Gasteiger partial charge in [-0.3, -0.25) is 9.59 Å². The summed E-state index contributed by atoms with van der Waals surface area (Å²) in [5.41, 5.74) is 0.378. The minimum absolute atomic E-state index is 0.0157. The van der Waals surface area contributed by atoms with Crippen LogP contribution in [-0.4, -0.2) is 17.9 Å². The van der Waals surface area contributed by atoms with Crippen LogP contribution in [0.1, 0.15) is 85.0 Å². The fourth-order valence-electron chi connectivity index (χ4n) is 7.37. The average molecular weight is 347 g/mol. The van der Waals surface area contributed by atoms with Gasteiger partial charge >= 0.3 is 5.97 Å². The number of fused-ring (bicyclic) bond motifs is 5. The molecule has 25 heavy (non-hydrogen) atoms. The van der Waals surface area contributed by atoms with Crippen LogP contribution in [0.2, 0.25) is 0 Å². The third-order valence-electron chi connectivity index (χ3n) is 8.91. The lowest BCUT2D eigenvalue weighted by Crippen LogP contribution is -2.54. The van der Waals surface area contributed by atoms with Gasteiger partial charge in [-0.2, -0.15) is 0 Å². The molecule has 3 unspecified atom stereocenters. The van der Waals surface area contributed by atoms with Crippen molar-refractivity contribution in [3.8, 4) is 0 Å². The van der Waals surface area contributed by atoms with Gasteiger partial charge in [-0.25, -0.2) is 0 Å². The molecule has 0 aromatic heterocycles. The summed E-state index contributed by atoms with van der Waals surface area (Å²) in [6, 6.07) is 0. The van der Waals surface area contributed by atoms with E-state index in [1.54, 1.807) is 0 Å². The predicted molar refractivity (Wildman–Crippen MR) is 96.9 cm³/mol. The molecule has 0 spiro atoms. The molecule has 4 aliphatic rings. The normalized spacial score (nSPS) is 49.1. The van der Waals surface area contributed by atoms with Crippen molar-refractivity contribution < 1.29 is 14.3 Å². The third kappa shape index (κ3) is 2.59. The van der Waals surface area contributed by atoms with E-state index in [-0.39, 0.29) is 17.5 Å². The average Bonchev–Trinajstić information content (AvgIpc) is 2.90. The van der Waals surface area contributed by atoms with E-state index in [0.717, 1.165) is 43.9 Å². The molecule has 0 N–H and O–H groups in total. The van der Waals surface area contributed by atoms with Crippen LogP contribution < -0.4 is 0 Å². The summed E-state index contributed by atoms with van der Waals surface area (Å²) in [7, 11) is 0. The Morgan fingerprint density at radius 3 is 2.64 bits per heavy atom. The number of esters is 1. The molecule has 0 saturated heterocycles. The Bertz CT molecular complexity index is 570. The maximum absolute atomic E-state index is 12.5. The Hall–Kier alpha value is -0.860.